The van der Waals surface area contributed by atoms with Gasteiger partial charge in [-0.2, -0.15) is 0 Å². The van der Waals surface area contributed by atoms with Gasteiger partial charge in [0.15, 0.2) is 0 Å². The lowest BCUT2D eigenvalue weighted by Crippen LogP contribution is -2.47. The number of nitrogens with one attached hydrogen (secondary N) is 1. The summed E-state index contributed by atoms with van der Waals surface area (Å²) in [6.07, 6.45) is 1.34. The van der Waals surface area contributed by atoms with Crippen molar-refractivity contribution in [3.63, 3.8) is 0 Å². The van der Waals surface area contributed by atoms with Gasteiger partial charge in [0.05, 0.1) is 17.0 Å². The molecule has 1 atom stereocenters. The maximum atomic E-state index is 13.2. The maximum absolute atomic E-state index is 13.2. The van der Waals surface area contributed by atoms with Crippen molar-refractivity contribution in [1.29, 1.82) is 0 Å². The van der Waals surface area contributed by atoms with E-state index in [1.165, 1.54) is 17.0 Å². The molecular weight excluding hydrogens is 565 g/mol. The van der Waals surface area contributed by atoms with Gasteiger partial charge in [-0.05, 0) is 56.2 Å². The Labute approximate surface area is 219 Å². The molecule has 11 heteroatoms. The highest BCUT2D eigenvalue weighted by molar-refractivity contribution is 9.10. The minimum Gasteiger partial charge on any atom is -0.355 e. The molecular formula is C23H28BrCl2N3O4S. The molecule has 186 valence electrons. The standard InChI is InChI=1S/C23H28BrCl2N3O4S/c1-4-27-23(31)16(2)28(15-17-7-5-8-18(24)13-17)22(30)9-6-12-29(34(3,32)33)21-14-19(25)10-11-20(21)26/h5,7-8,10-11,13-14,16H,4,6,9,12,15H2,1-3H3,(H,27,31)/t16-/m0/s1. The number of nitrogens with zero attached hydrogens (tertiary/aromatic N) is 2. The molecule has 2 aromatic rings. The van der Waals surface area contributed by atoms with E-state index in [0.717, 1.165) is 20.6 Å². The molecule has 2 amide bonds. The molecule has 0 aliphatic rings. The maximum Gasteiger partial charge on any atom is 0.242 e. The molecule has 0 aliphatic heterocycles. The van der Waals surface area contributed by atoms with Crippen molar-refractivity contribution in [1.82, 2.24) is 10.2 Å². The lowest BCUT2D eigenvalue weighted by molar-refractivity contribution is -0.140. The molecule has 0 fully saturated rings. The van der Waals surface area contributed by atoms with Crippen LogP contribution >= 0.6 is 39.1 Å². The Hall–Kier alpha value is -1.81. The van der Waals surface area contributed by atoms with E-state index in [2.05, 4.69) is 21.2 Å². The van der Waals surface area contributed by atoms with Gasteiger partial charge in [0, 0.05) is 35.6 Å². The molecule has 0 spiro atoms. The molecule has 0 bridgehead atoms. The normalized spacial score (nSPS) is 12.2. The molecule has 0 radical (unpaired) electrons. The minimum atomic E-state index is -3.67. The summed E-state index contributed by atoms with van der Waals surface area (Å²) >= 11 is 15.7. The fourth-order valence-electron chi connectivity index (χ4n) is 3.40. The van der Waals surface area contributed by atoms with Crippen molar-refractivity contribution in [3.8, 4) is 0 Å². The zero-order valence-electron chi connectivity index (χ0n) is 19.2. The van der Waals surface area contributed by atoms with Gasteiger partial charge in [0.1, 0.15) is 6.04 Å². The van der Waals surface area contributed by atoms with Gasteiger partial charge in [-0.3, -0.25) is 13.9 Å². The lowest BCUT2D eigenvalue weighted by atomic mass is 10.1. The molecule has 0 heterocycles. The molecule has 2 aromatic carbocycles. The number of likely N-dealkylation sites (N-methyl/N-ethyl adjacent to an activating group) is 1. The molecule has 0 aliphatic carbocycles. The van der Waals surface area contributed by atoms with E-state index >= 15 is 0 Å². The Balaban J connectivity index is 2.19. The highest BCUT2D eigenvalue weighted by Crippen LogP contribution is 2.31. The van der Waals surface area contributed by atoms with Gasteiger partial charge in [-0.1, -0.05) is 51.3 Å². The summed E-state index contributed by atoms with van der Waals surface area (Å²) in [6.45, 7) is 4.21. The monoisotopic (exact) mass is 591 g/mol. The average Bonchev–Trinajstić information content (AvgIpc) is 2.75. The van der Waals surface area contributed by atoms with E-state index in [0.29, 0.717) is 11.6 Å². The van der Waals surface area contributed by atoms with E-state index in [1.807, 2.05) is 31.2 Å². The third kappa shape index (κ3) is 8.15. The van der Waals surface area contributed by atoms with Gasteiger partial charge in [-0.15, -0.1) is 0 Å². The summed E-state index contributed by atoms with van der Waals surface area (Å²) < 4.78 is 26.8. The van der Waals surface area contributed by atoms with Crippen LogP contribution in [0.3, 0.4) is 0 Å². The third-order valence-corrected chi connectivity index (χ3v) is 7.32. The minimum absolute atomic E-state index is 0.0326. The second-order valence-corrected chi connectivity index (χ2v) is 11.4. The molecule has 7 nitrogen and oxygen atoms in total. The highest BCUT2D eigenvalue weighted by atomic mass is 79.9. The van der Waals surface area contributed by atoms with Crippen LogP contribution in [-0.4, -0.2) is 50.5 Å². The number of amides is 2. The van der Waals surface area contributed by atoms with E-state index in [-0.39, 0.29) is 48.5 Å². The predicted molar refractivity (Wildman–Crippen MR) is 141 cm³/mol. The molecule has 2 rings (SSSR count). The lowest BCUT2D eigenvalue weighted by Gasteiger charge is -2.29. The number of carbonyl (C=O) groups excluding carboxylic acids is 2. The Morgan fingerprint density at radius 2 is 1.85 bits per heavy atom. The van der Waals surface area contributed by atoms with Crippen LogP contribution in [0, 0.1) is 0 Å². The van der Waals surface area contributed by atoms with Crippen molar-refractivity contribution in [2.24, 2.45) is 0 Å². The zero-order valence-corrected chi connectivity index (χ0v) is 23.1. The number of carbonyl (C=O) groups is 2. The van der Waals surface area contributed by atoms with Crippen molar-refractivity contribution in [2.45, 2.75) is 39.3 Å². The smallest absolute Gasteiger partial charge is 0.242 e. The second kappa shape index (κ2) is 12.8. The van der Waals surface area contributed by atoms with Gasteiger partial charge in [-0.25, -0.2) is 8.42 Å². The number of rotatable bonds is 11. The SMILES string of the molecule is CCNC(=O)[C@H](C)N(Cc1cccc(Br)c1)C(=O)CCCN(c1cc(Cl)ccc1Cl)S(C)(=O)=O. The first-order valence-corrected chi connectivity index (χ1v) is 14.1. The first-order chi connectivity index (χ1) is 15.9. The fourth-order valence-corrected chi connectivity index (χ4v) is 5.25. The van der Waals surface area contributed by atoms with Crippen molar-refractivity contribution in [2.75, 3.05) is 23.7 Å². The van der Waals surface area contributed by atoms with Crippen LogP contribution in [0.15, 0.2) is 46.9 Å². The number of anilines is 1. The fraction of sp³-hybridized carbons (Fsp3) is 0.391. The van der Waals surface area contributed by atoms with Crippen LogP contribution in [-0.2, 0) is 26.2 Å². The quantitative estimate of drug-likeness (QED) is 0.404. The zero-order chi connectivity index (χ0) is 25.5. The molecule has 0 unspecified atom stereocenters. The average molecular weight is 593 g/mol. The Morgan fingerprint density at radius 3 is 2.47 bits per heavy atom. The number of hydrogen-bond acceptors (Lipinski definition) is 4. The Morgan fingerprint density at radius 1 is 1.15 bits per heavy atom. The van der Waals surface area contributed by atoms with E-state index in [4.69, 9.17) is 23.2 Å². The topological polar surface area (TPSA) is 86.8 Å². The van der Waals surface area contributed by atoms with Gasteiger partial charge in [0.25, 0.3) is 0 Å². The molecule has 0 aromatic heterocycles. The van der Waals surface area contributed by atoms with Gasteiger partial charge < -0.3 is 10.2 Å². The third-order valence-electron chi connectivity index (χ3n) is 5.09. The van der Waals surface area contributed by atoms with Crippen LogP contribution in [0.25, 0.3) is 0 Å². The predicted octanol–water partition coefficient (Wildman–Crippen LogP) is 4.86. The summed E-state index contributed by atoms with van der Waals surface area (Å²) in [6, 6.07) is 11.4. The van der Waals surface area contributed by atoms with E-state index in [1.54, 1.807) is 13.0 Å². The number of halogens is 3. The van der Waals surface area contributed by atoms with Crippen LogP contribution in [0.5, 0.6) is 0 Å². The van der Waals surface area contributed by atoms with Crippen LogP contribution in [0.1, 0.15) is 32.3 Å². The van der Waals surface area contributed by atoms with Crippen LogP contribution < -0.4 is 9.62 Å². The van der Waals surface area contributed by atoms with E-state index in [9.17, 15) is 18.0 Å². The van der Waals surface area contributed by atoms with Crippen molar-refractivity contribution in [3.05, 3.63) is 62.5 Å². The summed E-state index contributed by atoms with van der Waals surface area (Å²) in [5, 5.41) is 3.33. The first kappa shape index (κ1) is 28.4. The van der Waals surface area contributed by atoms with Crippen molar-refractivity contribution >= 4 is 66.7 Å². The second-order valence-electron chi connectivity index (χ2n) is 7.76. The first-order valence-electron chi connectivity index (χ1n) is 10.7. The Bertz CT molecular complexity index is 1130. The largest absolute Gasteiger partial charge is 0.355 e. The molecule has 34 heavy (non-hydrogen) atoms. The summed E-state index contributed by atoms with van der Waals surface area (Å²) in [7, 11) is -3.67. The number of hydrogen-bond donors (Lipinski definition) is 1. The number of sulfonamides is 1. The summed E-state index contributed by atoms with van der Waals surface area (Å²) in [5.74, 6) is -0.515. The summed E-state index contributed by atoms with van der Waals surface area (Å²) in [5.41, 5.74) is 1.12. The highest BCUT2D eigenvalue weighted by Gasteiger charge is 2.27. The van der Waals surface area contributed by atoms with Crippen molar-refractivity contribution < 1.29 is 18.0 Å². The molecule has 0 saturated heterocycles. The summed E-state index contributed by atoms with van der Waals surface area (Å²) in [4.78, 5) is 27.2. The Kier molecular flexibility index (Phi) is 10.7. The van der Waals surface area contributed by atoms with Crippen LogP contribution in [0.2, 0.25) is 10.0 Å². The molecule has 1 N–H and O–H groups in total. The van der Waals surface area contributed by atoms with Gasteiger partial charge in [0.2, 0.25) is 21.8 Å². The van der Waals surface area contributed by atoms with Crippen LogP contribution in [0.4, 0.5) is 5.69 Å². The van der Waals surface area contributed by atoms with E-state index < -0.39 is 16.1 Å². The van der Waals surface area contributed by atoms with Gasteiger partial charge >= 0.3 is 0 Å². The molecule has 0 saturated carbocycles. The number of benzene rings is 2.